The molecule has 1 rings (SSSR count). The average molecular weight is 294 g/mol. The summed E-state index contributed by atoms with van der Waals surface area (Å²) in [5.74, 6) is -1.87. The summed E-state index contributed by atoms with van der Waals surface area (Å²) in [6, 6.07) is -0.167. The number of aliphatic hydroxyl groups excluding tert-OH is 1. The van der Waals surface area contributed by atoms with Crippen LogP contribution in [0.3, 0.4) is 0 Å². The van der Waals surface area contributed by atoms with E-state index in [1.807, 2.05) is 5.43 Å². The standard InChI is InChI=1S/C13H18N4O4/c1-7(2)16-12(20)13(21)17-15-5-10-9(6-18)4-14-8(3)11(10)19/h4-5,7,18-19H,6H2,1-3H3,(H,16,20)(H,17,21)/b15-5+. The van der Waals surface area contributed by atoms with Gasteiger partial charge in [-0.15, -0.1) is 0 Å². The lowest BCUT2D eigenvalue weighted by atomic mass is 10.1. The van der Waals surface area contributed by atoms with E-state index in [1.165, 1.54) is 6.20 Å². The van der Waals surface area contributed by atoms with Crippen molar-refractivity contribution in [2.24, 2.45) is 5.10 Å². The van der Waals surface area contributed by atoms with Crippen LogP contribution in [-0.4, -0.2) is 39.3 Å². The van der Waals surface area contributed by atoms with Crippen LogP contribution in [0.1, 0.15) is 30.7 Å². The Morgan fingerprint density at radius 1 is 1.43 bits per heavy atom. The number of hydrazone groups is 1. The quantitative estimate of drug-likeness (QED) is 0.340. The number of aliphatic hydroxyl groups is 1. The van der Waals surface area contributed by atoms with Gasteiger partial charge in [0.15, 0.2) is 0 Å². The summed E-state index contributed by atoms with van der Waals surface area (Å²) in [5, 5.41) is 25.0. The molecule has 1 aromatic rings. The van der Waals surface area contributed by atoms with Crippen molar-refractivity contribution in [3.63, 3.8) is 0 Å². The number of rotatable bonds is 4. The van der Waals surface area contributed by atoms with Crippen LogP contribution in [0, 0.1) is 6.92 Å². The van der Waals surface area contributed by atoms with Crippen molar-refractivity contribution in [3.8, 4) is 5.75 Å². The molecule has 0 aliphatic rings. The number of aromatic nitrogens is 1. The first-order chi connectivity index (χ1) is 9.86. The molecular formula is C13H18N4O4. The Labute approximate surface area is 121 Å². The second-order valence-electron chi connectivity index (χ2n) is 4.62. The van der Waals surface area contributed by atoms with Crippen molar-refractivity contribution in [2.75, 3.05) is 0 Å². The molecule has 0 spiro atoms. The molecule has 114 valence electrons. The number of hydrogen-bond donors (Lipinski definition) is 4. The van der Waals surface area contributed by atoms with Crippen molar-refractivity contribution >= 4 is 18.0 Å². The smallest absolute Gasteiger partial charge is 0.329 e. The van der Waals surface area contributed by atoms with Gasteiger partial charge in [0.05, 0.1) is 18.5 Å². The first-order valence-corrected chi connectivity index (χ1v) is 6.29. The van der Waals surface area contributed by atoms with E-state index in [2.05, 4.69) is 15.4 Å². The van der Waals surface area contributed by atoms with Gasteiger partial charge in [0.25, 0.3) is 0 Å². The molecule has 21 heavy (non-hydrogen) atoms. The van der Waals surface area contributed by atoms with Crippen LogP contribution >= 0.6 is 0 Å². The lowest BCUT2D eigenvalue weighted by molar-refractivity contribution is -0.139. The molecule has 8 heteroatoms. The van der Waals surface area contributed by atoms with Crippen LogP contribution in [-0.2, 0) is 16.2 Å². The highest BCUT2D eigenvalue weighted by Gasteiger charge is 2.14. The molecule has 0 saturated heterocycles. The highest BCUT2D eigenvalue weighted by atomic mass is 16.3. The third-order valence-corrected chi connectivity index (χ3v) is 2.51. The first-order valence-electron chi connectivity index (χ1n) is 6.29. The van der Waals surface area contributed by atoms with Gasteiger partial charge in [-0.1, -0.05) is 0 Å². The maximum Gasteiger partial charge on any atom is 0.329 e. The third-order valence-electron chi connectivity index (χ3n) is 2.51. The van der Waals surface area contributed by atoms with Gasteiger partial charge in [0.1, 0.15) is 5.75 Å². The minimum atomic E-state index is -0.921. The third kappa shape index (κ3) is 4.53. The minimum Gasteiger partial charge on any atom is -0.505 e. The zero-order chi connectivity index (χ0) is 16.0. The molecule has 8 nitrogen and oxygen atoms in total. The summed E-state index contributed by atoms with van der Waals surface area (Å²) in [5.41, 5.74) is 2.98. The summed E-state index contributed by atoms with van der Waals surface area (Å²) < 4.78 is 0. The molecule has 1 aromatic heterocycles. The maximum atomic E-state index is 11.4. The second-order valence-corrected chi connectivity index (χ2v) is 4.62. The zero-order valence-corrected chi connectivity index (χ0v) is 12.0. The minimum absolute atomic E-state index is 0.147. The van der Waals surface area contributed by atoms with Crippen LogP contribution < -0.4 is 10.7 Å². The van der Waals surface area contributed by atoms with E-state index in [-0.39, 0.29) is 24.0 Å². The van der Waals surface area contributed by atoms with Gasteiger partial charge >= 0.3 is 11.8 Å². The fraction of sp³-hybridized carbons (Fsp3) is 0.385. The molecule has 4 N–H and O–H groups in total. The number of pyridine rings is 1. The summed E-state index contributed by atoms with van der Waals surface area (Å²) >= 11 is 0. The normalized spacial score (nSPS) is 10.9. The lowest BCUT2D eigenvalue weighted by Crippen LogP contribution is -2.41. The van der Waals surface area contributed by atoms with Gasteiger partial charge in [0.2, 0.25) is 0 Å². The van der Waals surface area contributed by atoms with Crippen LogP contribution in [0.2, 0.25) is 0 Å². The van der Waals surface area contributed by atoms with Crippen LogP contribution in [0.25, 0.3) is 0 Å². The Balaban J connectivity index is 2.80. The van der Waals surface area contributed by atoms with E-state index in [1.54, 1.807) is 20.8 Å². The van der Waals surface area contributed by atoms with Crippen LogP contribution in [0.4, 0.5) is 0 Å². The monoisotopic (exact) mass is 294 g/mol. The van der Waals surface area contributed by atoms with E-state index < -0.39 is 11.8 Å². The van der Waals surface area contributed by atoms with Gasteiger partial charge in [-0.25, -0.2) is 5.43 Å². The number of carbonyl (C=O) groups excluding carboxylic acids is 2. The van der Waals surface area contributed by atoms with E-state index in [0.717, 1.165) is 6.21 Å². The second kappa shape index (κ2) is 7.34. The Morgan fingerprint density at radius 2 is 2.10 bits per heavy atom. The van der Waals surface area contributed by atoms with Crippen molar-refractivity contribution in [1.29, 1.82) is 0 Å². The molecule has 0 aromatic carbocycles. The molecule has 0 bridgehead atoms. The number of carbonyl (C=O) groups is 2. The van der Waals surface area contributed by atoms with E-state index in [0.29, 0.717) is 11.3 Å². The predicted molar refractivity (Wildman–Crippen MR) is 75.6 cm³/mol. The van der Waals surface area contributed by atoms with Gasteiger partial charge in [-0.05, 0) is 20.8 Å². The van der Waals surface area contributed by atoms with Gasteiger partial charge in [0, 0.05) is 23.4 Å². The molecule has 0 aliphatic heterocycles. The Bertz CT molecular complexity index is 570. The molecule has 0 atom stereocenters. The fourth-order valence-corrected chi connectivity index (χ4v) is 1.46. The van der Waals surface area contributed by atoms with Gasteiger partial charge in [-0.2, -0.15) is 5.10 Å². The molecule has 0 fully saturated rings. The van der Waals surface area contributed by atoms with Gasteiger partial charge in [-0.3, -0.25) is 14.6 Å². The maximum absolute atomic E-state index is 11.4. The number of nitrogens with zero attached hydrogens (tertiary/aromatic N) is 2. The number of nitrogens with one attached hydrogen (secondary N) is 2. The predicted octanol–water partition coefficient (Wildman–Crippen LogP) is -0.437. The van der Waals surface area contributed by atoms with Crippen LogP contribution in [0.15, 0.2) is 11.3 Å². The summed E-state index contributed by atoms with van der Waals surface area (Å²) in [6.07, 6.45) is 2.54. The number of hydrogen-bond acceptors (Lipinski definition) is 6. The fourth-order valence-electron chi connectivity index (χ4n) is 1.46. The topological polar surface area (TPSA) is 124 Å². The SMILES string of the molecule is Cc1ncc(CO)c(/C=N/NC(=O)C(=O)NC(C)C)c1O. The zero-order valence-electron chi connectivity index (χ0n) is 12.0. The first kappa shape index (κ1) is 16.6. The largest absolute Gasteiger partial charge is 0.505 e. The molecule has 0 aliphatic carbocycles. The number of amides is 2. The van der Waals surface area contributed by atoms with Crippen molar-refractivity contribution in [1.82, 2.24) is 15.7 Å². The highest BCUT2D eigenvalue weighted by Crippen LogP contribution is 2.21. The number of aryl methyl sites for hydroxylation is 1. The van der Waals surface area contributed by atoms with E-state index >= 15 is 0 Å². The van der Waals surface area contributed by atoms with Crippen molar-refractivity contribution < 1.29 is 19.8 Å². The van der Waals surface area contributed by atoms with Gasteiger partial charge < -0.3 is 15.5 Å². The summed E-state index contributed by atoms with van der Waals surface area (Å²) in [6.45, 7) is 4.69. The summed E-state index contributed by atoms with van der Waals surface area (Å²) in [4.78, 5) is 26.6. The Kier molecular flexibility index (Phi) is 5.79. The Morgan fingerprint density at radius 3 is 2.67 bits per heavy atom. The molecule has 0 saturated carbocycles. The summed E-state index contributed by atoms with van der Waals surface area (Å²) in [7, 11) is 0. The molecule has 1 heterocycles. The molecule has 0 unspecified atom stereocenters. The average Bonchev–Trinajstić information content (AvgIpc) is 2.42. The van der Waals surface area contributed by atoms with Crippen LogP contribution in [0.5, 0.6) is 5.75 Å². The lowest BCUT2D eigenvalue weighted by Gasteiger charge is -2.08. The van der Waals surface area contributed by atoms with Crippen molar-refractivity contribution in [2.45, 2.75) is 33.4 Å². The highest BCUT2D eigenvalue weighted by molar-refractivity contribution is 6.35. The molecular weight excluding hydrogens is 276 g/mol. The molecule has 2 amide bonds. The molecule has 0 radical (unpaired) electrons. The van der Waals surface area contributed by atoms with E-state index in [9.17, 15) is 14.7 Å². The van der Waals surface area contributed by atoms with E-state index in [4.69, 9.17) is 5.11 Å². The van der Waals surface area contributed by atoms with Crippen molar-refractivity contribution in [3.05, 3.63) is 23.0 Å². The Hall–Kier alpha value is -2.48. The number of aromatic hydroxyl groups is 1.